The molecule has 5 nitrogen and oxygen atoms in total. The molecule has 0 spiro atoms. The minimum absolute atomic E-state index is 0.210. The van der Waals surface area contributed by atoms with Gasteiger partial charge in [0.25, 0.3) is 0 Å². The number of fused-ring (bicyclic) bond motifs is 3. The third-order valence-corrected chi connectivity index (χ3v) is 7.13. The third-order valence-electron chi connectivity index (χ3n) is 7.13. The number of aliphatic carboxylic acids is 1. The van der Waals surface area contributed by atoms with Crippen LogP contribution in [0.3, 0.4) is 0 Å². The molecule has 0 amide bonds. The second-order valence-electron chi connectivity index (χ2n) is 7.46. The van der Waals surface area contributed by atoms with Crippen molar-refractivity contribution in [3.8, 4) is 0 Å². The van der Waals surface area contributed by atoms with Gasteiger partial charge in [0, 0.05) is 30.7 Å². The Bertz CT molecular complexity index is 613. The predicted octanol–water partition coefficient (Wildman–Crippen LogP) is 2.44. The van der Waals surface area contributed by atoms with Gasteiger partial charge in [-0.15, -0.1) is 0 Å². The van der Waals surface area contributed by atoms with Gasteiger partial charge in [-0.25, -0.2) is 4.98 Å². The number of hydrogen-bond donors (Lipinski definition) is 2. The summed E-state index contributed by atoms with van der Waals surface area (Å²) in [6.45, 7) is 6.20. The van der Waals surface area contributed by atoms with Gasteiger partial charge >= 0.3 is 5.97 Å². The van der Waals surface area contributed by atoms with Crippen molar-refractivity contribution in [3.63, 3.8) is 0 Å². The van der Waals surface area contributed by atoms with Crippen LogP contribution in [0.1, 0.15) is 50.9 Å². The van der Waals surface area contributed by atoms with E-state index in [1.54, 1.807) is 6.33 Å². The summed E-state index contributed by atoms with van der Waals surface area (Å²) >= 11 is 0. The summed E-state index contributed by atoms with van der Waals surface area (Å²) < 4.78 is 0. The van der Waals surface area contributed by atoms with Crippen LogP contribution in [-0.2, 0) is 17.8 Å². The summed E-state index contributed by atoms with van der Waals surface area (Å²) in [5, 5.41) is 10.1. The van der Waals surface area contributed by atoms with Gasteiger partial charge in [-0.1, -0.05) is 13.8 Å². The molecule has 120 valence electrons. The lowest BCUT2D eigenvalue weighted by molar-refractivity contribution is -0.164. The van der Waals surface area contributed by atoms with E-state index in [-0.39, 0.29) is 5.54 Å². The number of rotatable bonds is 3. The van der Waals surface area contributed by atoms with Gasteiger partial charge in [0.15, 0.2) is 0 Å². The van der Waals surface area contributed by atoms with Gasteiger partial charge in [-0.05, 0) is 37.5 Å². The summed E-state index contributed by atoms with van der Waals surface area (Å²) in [6, 6.07) is 0. The SMILES string of the molecule is CCC1(N2CCc3[nH]cnc3C2)C(C)C2CCC1(C(=O)O)C2. The lowest BCUT2D eigenvalue weighted by atomic mass is 9.61. The zero-order valence-electron chi connectivity index (χ0n) is 13.4. The second-order valence-corrected chi connectivity index (χ2v) is 7.46. The van der Waals surface area contributed by atoms with Gasteiger partial charge in [0.05, 0.1) is 17.4 Å². The fourth-order valence-electron chi connectivity index (χ4n) is 6.13. The van der Waals surface area contributed by atoms with Gasteiger partial charge in [0.2, 0.25) is 0 Å². The van der Waals surface area contributed by atoms with E-state index in [1.165, 1.54) is 5.69 Å². The van der Waals surface area contributed by atoms with Crippen LogP contribution in [0, 0.1) is 17.3 Å². The highest BCUT2D eigenvalue weighted by Gasteiger charge is 2.70. The van der Waals surface area contributed by atoms with Crippen LogP contribution in [0.4, 0.5) is 0 Å². The number of nitrogens with zero attached hydrogens (tertiary/aromatic N) is 2. The summed E-state index contributed by atoms with van der Waals surface area (Å²) in [4.78, 5) is 22.4. The van der Waals surface area contributed by atoms with Gasteiger partial charge in [-0.2, -0.15) is 0 Å². The molecule has 4 unspecified atom stereocenters. The minimum atomic E-state index is -0.575. The normalized spacial score (nSPS) is 40.8. The Kier molecular flexibility index (Phi) is 2.96. The van der Waals surface area contributed by atoms with E-state index in [9.17, 15) is 9.90 Å². The van der Waals surface area contributed by atoms with E-state index in [0.29, 0.717) is 11.8 Å². The lowest BCUT2D eigenvalue weighted by Gasteiger charge is -2.55. The number of carbonyl (C=O) groups is 1. The maximum absolute atomic E-state index is 12.3. The van der Waals surface area contributed by atoms with Crippen molar-refractivity contribution in [1.29, 1.82) is 0 Å². The van der Waals surface area contributed by atoms with E-state index in [4.69, 9.17) is 0 Å². The number of H-pyrrole nitrogens is 1. The summed E-state index contributed by atoms with van der Waals surface area (Å²) in [6.07, 6.45) is 6.41. The van der Waals surface area contributed by atoms with E-state index in [2.05, 4.69) is 28.7 Å². The van der Waals surface area contributed by atoms with Crippen LogP contribution in [0.5, 0.6) is 0 Å². The molecule has 1 aromatic rings. The van der Waals surface area contributed by atoms with Crippen molar-refractivity contribution in [1.82, 2.24) is 14.9 Å². The number of aromatic nitrogens is 2. The molecule has 0 radical (unpaired) electrons. The molecule has 0 saturated heterocycles. The van der Waals surface area contributed by atoms with Crippen LogP contribution < -0.4 is 0 Å². The first kappa shape index (κ1) is 14.2. The third kappa shape index (κ3) is 1.48. The summed E-state index contributed by atoms with van der Waals surface area (Å²) in [5.41, 5.74) is 1.56. The number of carboxylic acids is 1. The molecule has 3 aliphatic rings. The molecule has 2 bridgehead atoms. The molecular formula is C17H25N3O2. The Balaban J connectivity index is 1.78. The second kappa shape index (κ2) is 4.57. The molecule has 2 saturated carbocycles. The molecule has 22 heavy (non-hydrogen) atoms. The molecule has 2 aliphatic carbocycles. The first-order valence-corrected chi connectivity index (χ1v) is 8.55. The quantitative estimate of drug-likeness (QED) is 0.900. The summed E-state index contributed by atoms with van der Waals surface area (Å²) in [7, 11) is 0. The fraction of sp³-hybridized carbons (Fsp3) is 0.765. The molecule has 4 rings (SSSR count). The predicted molar refractivity (Wildman–Crippen MR) is 82.3 cm³/mol. The zero-order chi connectivity index (χ0) is 15.5. The van der Waals surface area contributed by atoms with Gasteiger partial charge < -0.3 is 10.1 Å². The molecule has 0 aromatic carbocycles. The van der Waals surface area contributed by atoms with Crippen LogP contribution in [0.15, 0.2) is 6.33 Å². The molecule has 5 heteroatoms. The maximum atomic E-state index is 12.3. The van der Waals surface area contributed by atoms with Crippen LogP contribution >= 0.6 is 0 Å². The summed E-state index contributed by atoms with van der Waals surface area (Å²) in [5.74, 6) is 0.438. The molecule has 1 aliphatic heterocycles. The van der Waals surface area contributed by atoms with E-state index >= 15 is 0 Å². The Hall–Kier alpha value is -1.36. The van der Waals surface area contributed by atoms with E-state index in [1.807, 2.05) is 0 Å². The number of carboxylic acid groups (broad SMARTS) is 1. The average Bonchev–Trinajstić information content (AvgIpc) is 3.20. The Morgan fingerprint density at radius 2 is 2.41 bits per heavy atom. The van der Waals surface area contributed by atoms with Crippen LogP contribution in [0.25, 0.3) is 0 Å². The van der Waals surface area contributed by atoms with E-state index < -0.39 is 11.4 Å². The van der Waals surface area contributed by atoms with Gasteiger partial charge in [0.1, 0.15) is 0 Å². The monoisotopic (exact) mass is 303 g/mol. The first-order valence-electron chi connectivity index (χ1n) is 8.55. The number of imidazole rings is 1. The number of aromatic amines is 1. The van der Waals surface area contributed by atoms with Crippen LogP contribution in [-0.4, -0.2) is 38.0 Å². The Labute approximate surface area is 131 Å². The highest BCUT2D eigenvalue weighted by atomic mass is 16.4. The van der Waals surface area contributed by atoms with Gasteiger partial charge in [-0.3, -0.25) is 9.69 Å². The largest absolute Gasteiger partial charge is 0.481 e. The van der Waals surface area contributed by atoms with Crippen LogP contribution in [0.2, 0.25) is 0 Å². The number of hydrogen-bond acceptors (Lipinski definition) is 3. The van der Waals surface area contributed by atoms with Crippen molar-refractivity contribution in [2.45, 2.75) is 58.0 Å². The standard InChI is InChI=1S/C17H25N3O2/c1-3-17(20-7-5-13-14(9-20)19-10-18-13)11(2)12-4-6-16(17,8-12)15(21)22/h10-12H,3-9H2,1-2H3,(H,18,19)(H,21,22). The highest BCUT2D eigenvalue weighted by molar-refractivity contribution is 5.78. The highest BCUT2D eigenvalue weighted by Crippen LogP contribution is 2.66. The average molecular weight is 303 g/mol. The van der Waals surface area contributed by atoms with Crippen molar-refractivity contribution in [2.24, 2.45) is 17.3 Å². The van der Waals surface area contributed by atoms with Crippen molar-refractivity contribution < 1.29 is 9.90 Å². The van der Waals surface area contributed by atoms with Crippen molar-refractivity contribution in [2.75, 3.05) is 6.54 Å². The first-order chi connectivity index (χ1) is 10.5. The molecule has 2 heterocycles. The van der Waals surface area contributed by atoms with Crippen molar-refractivity contribution in [3.05, 3.63) is 17.7 Å². The molecule has 2 fully saturated rings. The lowest BCUT2D eigenvalue weighted by Crippen LogP contribution is -2.64. The Morgan fingerprint density at radius 1 is 1.59 bits per heavy atom. The maximum Gasteiger partial charge on any atom is 0.311 e. The van der Waals surface area contributed by atoms with Crippen molar-refractivity contribution >= 4 is 5.97 Å². The zero-order valence-corrected chi connectivity index (χ0v) is 13.4. The topological polar surface area (TPSA) is 69.2 Å². The smallest absolute Gasteiger partial charge is 0.311 e. The number of nitrogens with one attached hydrogen (secondary N) is 1. The molecule has 1 aromatic heterocycles. The molecular weight excluding hydrogens is 278 g/mol. The molecule has 4 atom stereocenters. The fourth-order valence-corrected chi connectivity index (χ4v) is 6.13. The minimum Gasteiger partial charge on any atom is -0.481 e. The molecule has 2 N–H and O–H groups in total. The van der Waals surface area contributed by atoms with E-state index in [0.717, 1.165) is 50.9 Å². The Morgan fingerprint density at radius 3 is 3.14 bits per heavy atom.